The van der Waals surface area contributed by atoms with E-state index in [1.807, 2.05) is 13.1 Å². The molecule has 1 N–H and O–H groups in total. The average Bonchev–Trinajstić information content (AvgIpc) is 2.62. The summed E-state index contributed by atoms with van der Waals surface area (Å²) in [6.07, 6.45) is 2.25. The molecule has 0 spiro atoms. The highest BCUT2D eigenvalue weighted by atomic mass is 79.9. The van der Waals surface area contributed by atoms with Crippen molar-refractivity contribution >= 4 is 32.8 Å². The maximum absolute atomic E-state index is 11.1. The second kappa shape index (κ2) is 4.12. The Hall–Kier alpha value is -1.29. The van der Waals surface area contributed by atoms with Gasteiger partial charge in [-0.25, -0.2) is 0 Å². The summed E-state index contributed by atoms with van der Waals surface area (Å²) in [5.74, 6) is -0.906. The van der Waals surface area contributed by atoms with Crippen LogP contribution in [0.3, 0.4) is 0 Å². The Labute approximate surface area is 114 Å². The van der Waals surface area contributed by atoms with Crippen LogP contribution in [0.25, 0.3) is 10.9 Å². The third-order valence-corrected chi connectivity index (χ3v) is 4.42. The van der Waals surface area contributed by atoms with Gasteiger partial charge in [0.25, 0.3) is 0 Å². The van der Waals surface area contributed by atoms with E-state index >= 15 is 0 Å². The molecule has 3 nitrogen and oxygen atoms in total. The Kier molecular flexibility index (Phi) is 2.70. The highest BCUT2D eigenvalue weighted by Gasteiger charge is 2.28. The number of hydrogen-bond donors (Lipinski definition) is 1. The normalized spacial score (nSPS) is 18.9. The Morgan fingerprint density at radius 1 is 1.50 bits per heavy atom. The van der Waals surface area contributed by atoms with Crippen LogP contribution in [0.15, 0.2) is 22.7 Å². The number of aliphatic carboxylic acids is 1. The summed E-state index contributed by atoms with van der Waals surface area (Å²) in [6, 6.07) is 6.26. The zero-order chi connectivity index (χ0) is 12.9. The minimum atomic E-state index is -0.674. The van der Waals surface area contributed by atoms with E-state index in [-0.39, 0.29) is 5.92 Å². The summed E-state index contributed by atoms with van der Waals surface area (Å²) in [5.41, 5.74) is 3.70. The summed E-state index contributed by atoms with van der Waals surface area (Å²) in [7, 11) is 2.03. The highest BCUT2D eigenvalue weighted by Crippen LogP contribution is 2.34. The van der Waals surface area contributed by atoms with Crippen LogP contribution in [0.5, 0.6) is 0 Å². The molecule has 0 radical (unpaired) electrons. The summed E-state index contributed by atoms with van der Waals surface area (Å²) in [5, 5.41) is 10.4. The number of carboxylic acid groups (broad SMARTS) is 1. The third kappa shape index (κ3) is 1.67. The standard InChI is InChI=1S/C14H14BrNO2/c1-16-12-5-3-9(15)7-11(12)10-4-2-8(14(17)18)6-13(10)16/h3,5,7-8H,2,4,6H2,1H3,(H,17,18). The predicted molar refractivity (Wildman–Crippen MR) is 73.8 cm³/mol. The van der Waals surface area contributed by atoms with Gasteiger partial charge in [-0.1, -0.05) is 15.9 Å². The lowest BCUT2D eigenvalue weighted by Crippen LogP contribution is -2.23. The molecule has 0 fully saturated rings. The van der Waals surface area contributed by atoms with Crippen LogP contribution in [0.1, 0.15) is 17.7 Å². The number of halogens is 1. The van der Waals surface area contributed by atoms with Gasteiger partial charge in [-0.3, -0.25) is 4.79 Å². The zero-order valence-electron chi connectivity index (χ0n) is 10.1. The molecular weight excluding hydrogens is 294 g/mol. The van der Waals surface area contributed by atoms with Crippen molar-refractivity contribution in [3.63, 3.8) is 0 Å². The maximum atomic E-state index is 11.1. The Morgan fingerprint density at radius 2 is 2.28 bits per heavy atom. The molecule has 0 amide bonds. The number of nitrogens with zero attached hydrogens (tertiary/aromatic N) is 1. The lowest BCUT2D eigenvalue weighted by atomic mass is 9.87. The van der Waals surface area contributed by atoms with Crippen molar-refractivity contribution in [3.8, 4) is 0 Å². The molecule has 3 rings (SSSR count). The fourth-order valence-corrected chi connectivity index (χ4v) is 3.31. The summed E-state index contributed by atoms with van der Waals surface area (Å²) in [4.78, 5) is 11.1. The van der Waals surface area contributed by atoms with Crippen molar-refractivity contribution in [3.05, 3.63) is 33.9 Å². The van der Waals surface area contributed by atoms with Gasteiger partial charge < -0.3 is 9.67 Å². The molecule has 0 saturated carbocycles. The molecule has 94 valence electrons. The molecule has 18 heavy (non-hydrogen) atoms. The molecule has 1 aliphatic rings. The zero-order valence-corrected chi connectivity index (χ0v) is 11.7. The molecule has 1 atom stereocenters. The van der Waals surface area contributed by atoms with Gasteiger partial charge >= 0.3 is 5.97 Å². The number of carboxylic acids is 1. The van der Waals surface area contributed by atoms with E-state index in [1.165, 1.54) is 22.2 Å². The Balaban J connectivity index is 2.19. The number of rotatable bonds is 1. The molecule has 0 saturated heterocycles. The molecule has 1 aromatic heterocycles. The Bertz CT molecular complexity index is 645. The fraction of sp³-hybridized carbons (Fsp3) is 0.357. The molecule has 0 aliphatic heterocycles. The molecule has 2 aromatic rings. The minimum Gasteiger partial charge on any atom is -0.481 e. The van der Waals surface area contributed by atoms with E-state index in [9.17, 15) is 4.79 Å². The molecule has 4 heteroatoms. The van der Waals surface area contributed by atoms with Crippen molar-refractivity contribution in [1.82, 2.24) is 4.57 Å². The van der Waals surface area contributed by atoms with Crippen LogP contribution in [0.2, 0.25) is 0 Å². The highest BCUT2D eigenvalue weighted by molar-refractivity contribution is 9.10. The van der Waals surface area contributed by atoms with Crippen molar-refractivity contribution < 1.29 is 9.90 Å². The van der Waals surface area contributed by atoms with Gasteiger partial charge in [-0.15, -0.1) is 0 Å². The summed E-state index contributed by atoms with van der Waals surface area (Å²) >= 11 is 3.50. The first kappa shape index (κ1) is 11.8. The number of aromatic nitrogens is 1. The van der Waals surface area contributed by atoms with Gasteiger partial charge in [0.2, 0.25) is 0 Å². The topological polar surface area (TPSA) is 42.2 Å². The van der Waals surface area contributed by atoms with Crippen LogP contribution in [0.4, 0.5) is 0 Å². The van der Waals surface area contributed by atoms with E-state index < -0.39 is 5.97 Å². The quantitative estimate of drug-likeness (QED) is 0.879. The first-order valence-electron chi connectivity index (χ1n) is 6.06. The van der Waals surface area contributed by atoms with Crippen molar-refractivity contribution in [2.24, 2.45) is 13.0 Å². The third-order valence-electron chi connectivity index (χ3n) is 3.93. The van der Waals surface area contributed by atoms with Crippen LogP contribution in [0, 0.1) is 5.92 Å². The van der Waals surface area contributed by atoms with E-state index in [1.54, 1.807) is 0 Å². The van der Waals surface area contributed by atoms with Gasteiger partial charge in [-0.2, -0.15) is 0 Å². The first-order chi connectivity index (χ1) is 8.58. The molecule has 0 bridgehead atoms. The van der Waals surface area contributed by atoms with Crippen molar-refractivity contribution in [2.45, 2.75) is 19.3 Å². The second-order valence-electron chi connectivity index (χ2n) is 4.92. The average molecular weight is 308 g/mol. The molecule has 1 unspecified atom stereocenters. The van der Waals surface area contributed by atoms with E-state index in [4.69, 9.17) is 5.11 Å². The Morgan fingerprint density at radius 3 is 3.00 bits per heavy atom. The number of aryl methyl sites for hydroxylation is 2. The van der Waals surface area contributed by atoms with Crippen LogP contribution < -0.4 is 0 Å². The first-order valence-corrected chi connectivity index (χ1v) is 6.85. The second-order valence-corrected chi connectivity index (χ2v) is 5.84. The summed E-state index contributed by atoms with van der Waals surface area (Å²) in [6.45, 7) is 0. The minimum absolute atomic E-state index is 0.232. The largest absolute Gasteiger partial charge is 0.481 e. The van der Waals surface area contributed by atoms with Gasteiger partial charge in [0.05, 0.1) is 5.92 Å². The van der Waals surface area contributed by atoms with Gasteiger partial charge in [0.15, 0.2) is 0 Å². The number of benzene rings is 1. The molecular formula is C14H14BrNO2. The van der Waals surface area contributed by atoms with E-state index in [0.29, 0.717) is 6.42 Å². The van der Waals surface area contributed by atoms with Crippen molar-refractivity contribution in [2.75, 3.05) is 0 Å². The van der Waals surface area contributed by atoms with E-state index in [2.05, 4.69) is 32.6 Å². The summed E-state index contributed by atoms with van der Waals surface area (Å²) < 4.78 is 3.22. The van der Waals surface area contributed by atoms with Gasteiger partial charge in [0, 0.05) is 34.5 Å². The SMILES string of the molecule is Cn1c2c(c3cc(Br)ccc31)CCC(C(=O)O)C2. The predicted octanol–water partition coefficient (Wildman–Crippen LogP) is 3.13. The smallest absolute Gasteiger partial charge is 0.306 e. The van der Waals surface area contributed by atoms with Gasteiger partial charge in [-0.05, 0) is 36.6 Å². The van der Waals surface area contributed by atoms with Gasteiger partial charge in [0.1, 0.15) is 0 Å². The van der Waals surface area contributed by atoms with Crippen LogP contribution in [-0.2, 0) is 24.7 Å². The lowest BCUT2D eigenvalue weighted by molar-refractivity contribution is -0.142. The van der Waals surface area contributed by atoms with Crippen molar-refractivity contribution in [1.29, 1.82) is 0 Å². The van der Waals surface area contributed by atoms with Crippen LogP contribution in [-0.4, -0.2) is 15.6 Å². The maximum Gasteiger partial charge on any atom is 0.306 e. The molecule has 1 aromatic carbocycles. The number of hydrogen-bond acceptors (Lipinski definition) is 1. The number of carbonyl (C=O) groups is 1. The number of fused-ring (bicyclic) bond motifs is 3. The van der Waals surface area contributed by atoms with E-state index in [0.717, 1.165) is 17.3 Å². The molecule has 1 heterocycles. The van der Waals surface area contributed by atoms with Crippen LogP contribution >= 0.6 is 15.9 Å². The fourth-order valence-electron chi connectivity index (χ4n) is 2.95. The monoisotopic (exact) mass is 307 g/mol. The lowest BCUT2D eigenvalue weighted by Gasteiger charge is -2.20. The molecule has 1 aliphatic carbocycles.